The smallest absolute Gasteiger partial charge is 0.231 e. The molecule has 7 heteroatoms. The SMILES string of the molecule is CN(C)c1nc(Cl)nc(N2CCCC2CO)n1. The minimum atomic E-state index is 0.0866. The molecule has 1 aromatic rings. The van der Waals surface area contributed by atoms with E-state index in [0.717, 1.165) is 19.4 Å². The summed E-state index contributed by atoms with van der Waals surface area (Å²) in [6, 6.07) is 0.0866. The summed E-state index contributed by atoms with van der Waals surface area (Å²) in [5.41, 5.74) is 0. The summed E-state index contributed by atoms with van der Waals surface area (Å²) in [6.07, 6.45) is 1.99. The molecule has 0 aliphatic carbocycles. The number of rotatable bonds is 3. The summed E-state index contributed by atoms with van der Waals surface area (Å²) in [5, 5.41) is 9.47. The van der Waals surface area contributed by atoms with Gasteiger partial charge in [0.15, 0.2) is 0 Å². The normalized spacial score (nSPS) is 19.8. The highest BCUT2D eigenvalue weighted by Gasteiger charge is 2.26. The van der Waals surface area contributed by atoms with Crippen LogP contribution in [0.25, 0.3) is 0 Å². The van der Waals surface area contributed by atoms with Gasteiger partial charge in [0.05, 0.1) is 12.6 Å². The van der Waals surface area contributed by atoms with Crippen LogP contribution in [0.15, 0.2) is 0 Å². The highest BCUT2D eigenvalue weighted by Crippen LogP contribution is 2.24. The minimum Gasteiger partial charge on any atom is -0.394 e. The van der Waals surface area contributed by atoms with Gasteiger partial charge >= 0.3 is 0 Å². The van der Waals surface area contributed by atoms with E-state index in [1.807, 2.05) is 19.0 Å². The molecule has 6 nitrogen and oxygen atoms in total. The Bertz CT molecular complexity index is 400. The van der Waals surface area contributed by atoms with E-state index in [9.17, 15) is 5.11 Å². The van der Waals surface area contributed by atoms with Crippen LogP contribution < -0.4 is 9.80 Å². The van der Waals surface area contributed by atoms with Crippen LogP contribution in [-0.2, 0) is 0 Å². The highest BCUT2D eigenvalue weighted by atomic mass is 35.5. The van der Waals surface area contributed by atoms with Gasteiger partial charge in [-0.3, -0.25) is 0 Å². The zero-order chi connectivity index (χ0) is 12.4. The number of aliphatic hydroxyl groups is 1. The molecule has 0 spiro atoms. The summed E-state index contributed by atoms with van der Waals surface area (Å²) in [7, 11) is 3.70. The van der Waals surface area contributed by atoms with E-state index in [2.05, 4.69) is 15.0 Å². The molecule has 1 aromatic heterocycles. The monoisotopic (exact) mass is 257 g/mol. The van der Waals surface area contributed by atoms with Crippen LogP contribution in [-0.4, -0.2) is 53.3 Å². The Morgan fingerprint density at radius 3 is 2.82 bits per heavy atom. The quantitative estimate of drug-likeness (QED) is 0.853. The lowest BCUT2D eigenvalue weighted by atomic mass is 10.2. The highest BCUT2D eigenvalue weighted by molar-refractivity contribution is 6.28. The maximum atomic E-state index is 9.29. The van der Waals surface area contributed by atoms with E-state index in [1.54, 1.807) is 4.90 Å². The van der Waals surface area contributed by atoms with Crippen molar-refractivity contribution in [2.75, 3.05) is 37.0 Å². The van der Waals surface area contributed by atoms with Crippen molar-refractivity contribution in [2.45, 2.75) is 18.9 Å². The van der Waals surface area contributed by atoms with Crippen molar-refractivity contribution in [3.05, 3.63) is 5.28 Å². The van der Waals surface area contributed by atoms with Gasteiger partial charge in [-0.15, -0.1) is 0 Å². The maximum absolute atomic E-state index is 9.29. The molecule has 2 rings (SSSR count). The molecule has 2 heterocycles. The predicted molar refractivity (Wildman–Crippen MR) is 66.6 cm³/mol. The van der Waals surface area contributed by atoms with Gasteiger partial charge in [-0.25, -0.2) is 0 Å². The molecule has 1 unspecified atom stereocenters. The van der Waals surface area contributed by atoms with Crippen molar-refractivity contribution in [1.82, 2.24) is 15.0 Å². The lowest BCUT2D eigenvalue weighted by molar-refractivity contribution is 0.265. The second kappa shape index (κ2) is 5.01. The van der Waals surface area contributed by atoms with Gasteiger partial charge in [0.1, 0.15) is 0 Å². The molecule has 94 valence electrons. The third-order valence-corrected chi connectivity index (χ3v) is 3.00. The van der Waals surface area contributed by atoms with Gasteiger partial charge in [-0.05, 0) is 24.4 Å². The number of aliphatic hydroxyl groups excluding tert-OH is 1. The standard InChI is InChI=1S/C10H16ClN5O/c1-15(2)9-12-8(11)13-10(14-9)16-5-3-4-7(16)6-17/h7,17H,3-6H2,1-2H3. The molecule has 1 N–H and O–H groups in total. The first kappa shape index (κ1) is 12.3. The third-order valence-electron chi connectivity index (χ3n) is 2.83. The van der Waals surface area contributed by atoms with Gasteiger partial charge in [-0.1, -0.05) is 0 Å². The predicted octanol–water partition coefficient (Wildman–Crippen LogP) is 0.552. The van der Waals surface area contributed by atoms with Gasteiger partial charge < -0.3 is 14.9 Å². The Hall–Kier alpha value is -1.14. The van der Waals surface area contributed by atoms with Crippen LogP contribution in [0.1, 0.15) is 12.8 Å². The first-order chi connectivity index (χ1) is 8.11. The van der Waals surface area contributed by atoms with Crippen LogP contribution in [0.4, 0.5) is 11.9 Å². The second-order valence-electron chi connectivity index (χ2n) is 4.27. The molecular weight excluding hydrogens is 242 g/mol. The number of anilines is 2. The Balaban J connectivity index is 2.31. The fourth-order valence-corrected chi connectivity index (χ4v) is 2.10. The van der Waals surface area contributed by atoms with Crippen LogP contribution in [0.2, 0.25) is 5.28 Å². The van der Waals surface area contributed by atoms with E-state index < -0.39 is 0 Å². The summed E-state index contributed by atoms with van der Waals surface area (Å²) in [6.45, 7) is 0.957. The molecule has 0 bridgehead atoms. The Morgan fingerprint density at radius 1 is 1.41 bits per heavy atom. The third kappa shape index (κ3) is 2.58. The van der Waals surface area contributed by atoms with Crippen LogP contribution in [0.3, 0.4) is 0 Å². The number of hydrogen-bond acceptors (Lipinski definition) is 6. The number of hydrogen-bond donors (Lipinski definition) is 1. The summed E-state index contributed by atoms with van der Waals surface area (Å²) in [5.74, 6) is 1.08. The van der Waals surface area contributed by atoms with Gasteiger partial charge in [0.2, 0.25) is 17.2 Å². The average Bonchev–Trinajstić information content (AvgIpc) is 2.76. The molecule has 1 saturated heterocycles. The van der Waals surface area contributed by atoms with E-state index in [-0.39, 0.29) is 17.9 Å². The minimum absolute atomic E-state index is 0.0866. The number of aromatic nitrogens is 3. The zero-order valence-corrected chi connectivity index (χ0v) is 10.7. The average molecular weight is 258 g/mol. The summed E-state index contributed by atoms with van der Waals surface area (Å²) >= 11 is 5.89. The first-order valence-corrected chi connectivity index (χ1v) is 5.96. The molecule has 0 saturated carbocycles. The van der Waals surface area contributed by atoms with Gasteiger partial charge in [0.25, 0.3) is 0 Å². The lowest BCUT2D eigenvalue weighted by Gasteiger charge is -2.23. The van der Waals surface area contributed by atoms with Gasteiger partial charge in [0, 0.05) is 20.6 Å². The van der Waals surface area contributed by atoms with E-state index in [0.29, 0.717) is 11.9 Å². The fourth-order valence-electron chi connectivity index (χ4n) is 1.95. The van der Waals surface area contributed by atoms with Gasteiger partial charge in [-0.2, -0.15) is 15.0 Å². The zero-order valence-electron chi connectivity index (χ0n) is 9.97. The molecule has 1 aliphatic heterocycles. The van der Waals surface area contributed by atoms with E-state index in [4.69, 9.17) is 11.6 Å². The van der Waals surface area contributed by atoms with Crippen molar-refractivity contribution in [2.24, 2.45) is 0 Å². The molecule has 1 aliphatic rings. The molecule has 0 radical (unpaired) electrons. The van der Waals surface area contributed by atoms with E-state index in [1.165, 1.54) is 0 Å². The number of halogens is 1. The summed E-state index contributed by atoms with van der Waals surface area (Å²) in [4.78, 5) is 16.3. The first-order valence-electron chi connectivity index (χ1n) is 5.58. The van der Waals surface area contributed by atoms with Crippen LogP contribution in [0, 0.1) is 0 Å². The Morgan fingerprint density at radius 2 is 2.18 bits per heavy atom. The molecule has 0 aromatic carbocycles. The van der Waals surface area contributed by atoms with Crippen molar-refractivity contribution >= 4 is 23.5 Å². The molecule has 17 heavy (non-hydrogen) atoms. The van der Waals surface area contributed by atoms with Crippen molar-refractivity contribution < 1.29 is 5.11 Å². The van der Waals surface area contributed by atoms with Crippen LogP contribution in [0.5, 0.6) is 0 Å². The molecular formula is C10H16ClN5O. The lowest BCUT2D eigenvalue weighted by Crippen LogP contribution is -2.34. The molecule has 1 fully saturated rings. The Kier molecular flexibility index (Phi) is 3.63. The Labute approximate surface area is 105 Å². The number of nitrogens with zero attached hydrogens (tertiary/aromatic N) is 5. The topological polar surface area (TPSA) is 65.4 Å². The van der Waals surface area contributed by atoms with Crippen LogP contribution >= 0.6 is 11.6 Å². The maximum Gasteiger partial charge on any atom is 0.231 e. The largest absolute Gasteiger partial charge is 0.394 e. The van der Waals surface area contributed by atoms with E-state index >= 15 is 0 Å². The molecule has 0 amide bonds. The van der Waals surface area contributed by atoms with Crippen molar-refractivity contribution in [1.29, 1.82) is 0 Å². The van der Waals surface area contributed by atoms with Crippen molar-refractivity contribution in [3.8, 4) is 0 Å². The van der Waals surface area contributed by atoms with Crippen molar-refractivity contribution in [3.63, 3.8) is 0 Å². The second-order valence-corrected chi connectivity index (χ2v) is 4.61. The summed E-state index contributed by atoms with van der Waals surface area (Å²) < 4.78 is 0. The molecule has 1 atom stereocenters. The fraction of sp³-hybridized carbons (Fsp3) is 0.700.